The molecule has 1 amide bonds. The van der Waals surface area contributed by atoms with E-state index < -0.39 is 27.4 Å². The topological polar surface area (TPSA) is 130 Å². The monoisotopic (exact) mass is 302 g/mol. The smallest absolute Gasteiger partial charge is 0.270 e. The van der Waals surface area contributed by atoms with Gasteiger partial charge in [0.2, 0.25) is 15.9 Å². The SMILES string of the molecule is CNC(=O)CNS(=O)(=O)c1cc([N+](=O)[O-])ccc1NC. The third-order valence-corrected chi connectivity index (χ3v) is 3.88. The number of likely N-dealkylation sites (N-methyl/N-ethyl adjacent to an activating group) is 1. The number of anilines is 1. The number of rotatable bonds is 6. The van der Waals surface area contributed by atoms with Gasteiger partial charge in [-0.3, -0.25) is 14.9 Å². The van der Waals surface area contributed by atoms with Crippen molar-refractivity contribution in [3.63, 3.8) is 0 Å². The van der Waals surface area contributed by atoms with Crippen molar-refractivity contribution in [2.45, 2.75) is 4.90 Å². The third-order valence-electron chi connectivity index (χ3n) is 2.44. The van der Waals surface area contributed by atoms with Crippen LogP contribution in [0, 0.1) is 10.1 Å². The lowest BCUT2D eigenvalue weighted by Crippen LogP contribution is -2.35. The van der Waals surface area contributed by atoms with Gasteiger partial charge >= 0.3 is 0 Å². The molecule has 1 aromatic rings. The highest BCUT2D eigenvalue weighted by molar-refractivity contribution is 7.89. The Balaban J connectivity index is 3.18. The highest BCUT2D eigenvalue weighted by atomic mass is 32.2. The van der Waals surface area contributed by atoms with Crippen LogP contribution in [0.2, 0.25) is 0 Å². The number of hydrogen-bond acceptors (Lipinski definition) is 6. The van der Waals surface area contributed by atoms with E-state index in [1.54, 1.807) is 0 Å². The second-order valence-corrected chi connectivity index (χ2v) is 5.42. The fourth-order valence-corrected chi connectivity index (χ4v) is 2.59. The molecule has 0 heterocycles. The van der Waals surface area contributed by atoms with Gasteiger partial charge in [0.15, 0.2) is 0 Å². The first-order chi connectivity index (χ1) is 9.31. The summed E-state index contributed by atoms with van der Waals surface area (Å²) in [4.78, 5) is 20.8. The number of nitrogens with one attached hydrogen (secondary N) is 3. The van der Waals surface area contributed by atoms with Crippen LogP contribution in [-0.2, 0) is 14.8 Å². The van der Waals surface area contributed by atoms with Crippen molar-refractivity contribution >= 4 is 27.3 Å². The Labute approximate surface area is 115 Å². The van der Waals surface area contributed by atoms with Gasteiger partial charge in [0.05, 0.1) is 17.2 Å². The molecular weight excluding hydrogens is 288 g/mol. The largest absolute Gasteiger partial charge is 0.387 e. The van der Waals surface area contributed by atoms with Crippen molar-refractivity contribution in [3.05, 3.63) is 28.3 Å². The average Bonchev–Trinajstić information content (AvgIpc) is 2.43. The number of nitrogens with zero attached hydrogens (tertiary/aromatic N) is 1. The van der Waals surface area contributed by atoms with E-state index in [4.69, 9.17) is 0 Å². The Morgan fingerprint density at radius 3 is 2.50 bits per heavy atom. The number of benzene rings is 1. The lowest BCUT2D eigenvalue weighted by molar-refractivity contribution is -0.385. The van der Waals surface area contributed by atoms with Crippen LogP contribution in [0.1, 0.15) is 0 Å². The van der Waals surface area contributed by atoms with Gasteiger partial charge in [-0.1, -0.05) is 0 Å². The molecule has 0 saturated carbocycles. The normalized spacial score (nSPS) is 10.9. The van der Waals surface area contributed by atoms with Crippen LogP contribution < -0.4 is 15.4 Å². The quantitative estimate of drug-likeness (QED) is 0.487. The molecule has 0 aromatic heterocycles. The van der Waals surface area contributed by atoms with Gasteiger partial charge in [-0.15, -0.1) is 0 Å². The molecular formula is C10H14N4O5S. The average molecular weight is 302 g/mol. The summed E-state index contributed by atoms with van der Waals surface area (Å²) >= 11 is 0. The minimum Gasteiger partial charge on any atom is -0.387 e. The Bertz CT molecular complexity index is 629. The number of amides is 1. The molecule has 3 N–H and O–H groups in total. The molecule has 10 heteroatoms. The maximum absolute atomic E-state index is 12.1. The summed E-state index contributed by atoms with van der Waals surface area (Å²) in [7, 11) is -1.19. The van der Waals surface area contributed by atoms with E-state index in [0.717, 1.165) is 6.07 Å². The highest BCUT2D eigenvalue weighted by Gasteiger charge is 2.22. The Morgan fingerprint density at radius 2 is 2.00 bits per heavy atom. The van der Waals surface area contributed by atoms with Gasteiger partial charge in [0.1, 0.15) is 4.90 Å². The molecule has 1 aromatic carbocycles. The molecule has 0 saturated heterocycles. The van der Waals surface area contributed by atoms with Crippen LogP contribution in [0.15, 0.2) is 23.1 Å². The molecule has 0 aliphatic rings. The lowest BCUT2D eigenvalue weighted by Gasteiger charge is -2.10. The second kappa shape index (κ2) is 6.30. The van der Waals surface area contributed by atoms with E-state index >= 15 is 0 Å². The summed E-state index contributed by atoms with van der Waals surface area (Å²) in [5.74, 6) is -0.523. The molecule has 0 unspecified atom stereocenters. The zero-order chi connectivity index (χ0) is 15.3. The van der Waals surface area contributed by atoms with Crippen molar-refractivity contribution in [2.24, 2.45) is 0 Å². The Morgan fingerprint density at radius 1 is 1.35 bits per heavy atom. The van der Waals surface area contributed by atoms with Crippen molar-refractivity contribution in [2.75, 3.05) is 26.0 Å². The van der Waals surface area contributed by atoms with Crippen LogP contribution in [0.25, 0.3) is 0 Å². The van der Waals surface area contributed by atoms with Gasteiger partial charge in [0.25, 0.3) is 5.69 Å². The van der Waals surface area contributed by atoms with Crippen LogP contribution in [-0.4, -0.2) is 39.9 Å². The molecule has 0 fully saturated rings. The third kappa shape index (κ3) is 3.65. The summed E-state index contributed by atoms with van der Waals surface area (Å²) in [6, 6.07) is 3.40. The maximum atomic E-state index is 12.1. The Kier molecular flexibility index (Phi) is 5.00. The summed E-state index contributed by atoms with van der Waals surface area (Å²) in [6.07, 6.45) is 0. The predicted octanol–water partition coefficient (Wildman–Crippen LogP) is -0.339. The number of hydrogen-bond donors (Lipinski definition) is 3. The molecule has 1 rings (SSSR count). The Hall–Kier alpha value is -2.20. The van der Waals surface area contributed by atoms with Crippen LogP contribution in [0.4, 0.5) is 11.4 Å². The summed E-state index contributed by atoms with van der Waals surface area (Å²) in [5.41, 5.74) is -0.163. The lowest BCUT2D eigenvalue weighted by atomic mass is 10.3. The van der Waals surface area contributed by atoms with Crippen molar-refractivity contribution in [1.29, 1.82) is 0 Å². The number of nitro benzene ring substituents is 1. The molecule has 0 radical (unpaired) electrons. The van der Waals surface area contributed by atoms with Crippen molar-refractivity contribution < 1.29 is 18.1 Å². The van der Waals surface area contributed by atoms with E-state index in [1.165, 1.54) is 26.2 Å². The fourth-order valence-electron chi connectivity index (χ4n) is 1.38. The first-order valence-electron chi connectivity index (χ1n) is 5.48. The maximum Gasteiger partial charge on any atom is 0.270 e. The van der Waals surface area contributed by atoms with Crippen molar-refractivity contribution in [1.82, 2.24) is 10.0 Å². The fraction of sp³-hybridized carbons (Fsp3) is 0.300. The second-order valence-electron chi connectivity index (χ2n) is 3.69. The van der Waals surface area contributed by atoms with Crippen LogP contribution in [0.5, 0.6) is 0 Å². The summed E-state index contributed by atoms with van der Waals surface area (Å²) in [6.45, 7) is -0.454. The molecule has 0 aliphatic carbocycles. The molecule has 20 heavy (non-hydrogen) atoms. The first-order valence-corrected chi connectivity index (χ1v) is 6.96. The van der Waals surface area contributed by atoms with E-state index in [1.807, 2.05) is 0 Å². The van der Waals surface area contributed by atoms with E-state index in [2.05, 4.69) is 15.4 Å². The molecule has 110 valence electrons. The van der Waals surface area contributed by atoms with Gasteiger partial charge in [-0.05, 0) is 6.07 Å². The highest BCUT2D eigenvalue weighted by Crippen LogP contribution is 2.25. The zero-order valence-electron chi connectivity index (χ0n) is 10.8. The minimum atomic E-state index is -4.04. The first kappa shape index (κ1) is 15.9. The number of carbonyl (C=O) groups is 1. The molecule has 0 atom stereocenters. The van der Waals surface area contributed by atoms with Gasteiger partial charge in [-0.25, -0.2) is 13.1 Å². The van der Waals surface area contributed by atoms with Crippen molar-refractivity contribution in [3.8, 4) is 0 Å². The molecule has 0 aliphatic heterocycles. The summed E-state index contributed by atoms with van der Waals surface area (Å²) < 4.78 is 26.2. The van der Waals surface area contributed by atoms with E-state index in [0.29, 0.717) is 0 Å². The molecule has 0 spiro atoms. The van der Waals surface area contributed by atoms with Crippen LogP contribution in [0.3, 0.4) is 0 Å². The number of nitro groups is 1. The minimum absolute atomic E-state index is 0.194. The molecule has 9 nitrogen and oxygen atoms in total. The predicted molar refractivity (Wildman–Crippen MR) is 71.9 cm³/mol. The zero-order valence-corrected chi connectivity index (χ0v) is 11.7. The van der Waals surface area contributed by atoms with E-state index in [-0.39, 0.29) is 16.3 Å². The van der Waals surface area contributed by atoms with Gasteiger partial charge in [-0.2, -0.15) is 0 Å². The summed E-state index contributed by atoms with van der Waals surface area (Å²) in [5, 5.41) is 15.6. The van der Waals surface area contributed by atoms with Crippen LogP contribution >= 0.6 is 0 Å². The standard InChI is InChI=1S/C10H14N4O5S/c1-11-8-4-3-7(14(16)17)5-9(8)20(18,19)13-6-10(15)12-2/h3-5,11,13H,6H2,1-2H3,(H,12,15). The van der Waals surface area contributed by atoms with Gasteiger partial charge in [0, 0.05) is 26.2 Å². The number of non-ortho nitro benzene ring substituents is 1. The van der Waals surface area contributed by atoms with Gasteiger partial charge < -0.3 is 10.6 Å². The number of carbonyl (C=O) groups excluding carboxylic acids is 1. The number of sulfonamides is 1. The molecule has 0 bridgehead atoms. The van der Waals surface area contributed by atoms with E-state index in [9.17, 15) is 23.3 Å².